The number of hydrogen-bond donors (Lipinski definition) is 6. The molecule has 2 aromatic rings. The maximum absolute atomic E-state index is 13.6. The standard InChI is InChI=1S/C35H53N5O7/c1-3-4-5-6-7-8-9-10-11-12-13-14-19-32(37)47-30(20-25-23-38-27-18-16-15-17-26(25)27)35(46)40-29(21-31(36)42)34(45)39-28(24(2)41)22-33(43)44/h15-18,23,28-30,37-38H,3-14,19-22H2,1-2H3,(H2,36,42)(H,39,45)(H,40,46)(H,43,44). The zero-order valence-corrected chi connectivity index (χ0v) is 27.9. The van der Waals surface area contributed by atoms with Crippen LogP contribution in [0, 0.1) is 5.41 Å². The molecule has 7 N–H and O–H groups in total. The number of nitrogens with two attached hydrogens (primary N) is 1. The van der Waals surface area contributed by atoms with Crippen molar-refractivity contribution in [3.63, 3.8) is 0 Å². The number of benzene rings is 1. The minimum Gasteiger partial charge on any atom is -0.481 e. The highest BCUT2D eigenvalue weighted by atomic mass is 16.5. The third kappa shape index (κ3) is 15.3. The molecular weight excluding hydrogens is 602 g/mol. The highest BCUT2D eigenvalue weighted by Crippen LogP contribution is 2.21. The number of hydrogen-bond acceptors (Lipinski definition) is 7. The van der Waals surface area contributed by atoms with Crippen molar-refractivity contribution < 1.29 is 33.8 Å². The molecule has 1 aromatic carbocycles. The predicted octanol–water partition coefficient (Wildman–Crippen LogP) is 5.07. The number of H-pyrrole nitrogens is 1. The largest absolute Gasteiger partial charge is 0.481 e. The summed E-state index contributed by atoms with van der Waals surface area (Å²) in [5.41, 5.74) is 6.95. The molecule has 0 aliphatic carbocycles. The molecule has 0 radical (unpaired) electrons. The van der Waals surface area contributed by atoms with E-state index in [1.54, 1.807) is 6.20 Å². The number of aliphatic carboxylic acids is 1. The second-order valence-electron chi connectivity index (χ2n) is 12.2. The van der Waals surface area contributed by atoms with Crippen molar-refractivity contribution in [2.24, 2.45) is 5.73 Å². The topological polar surface area (TPSA) is 205 Å². The Balaban J connectivity index is 2.01. The SMILES string of the molecule is CCCCCCCCCCCCCCC(=N)OC(Cc1c[nH]c2ccccc12)C(=O)NC(CC(N)=O)C(=O)NC(CC(=O)O)C(C)=O. The lowest BCUT2D eigenvalue weighted by atomic mass is 10.0. The van der Waals surface area contributed by atoms with Crippen molar-refractivity contribution in [1.82, 2.24) is 15.6 Å². The molecule has 3 unspecified atom stereocenters. The Morgan fingerprint density at radius 1 is 0.851 bits per heavy atom. The number of primary amides is 1. The molecular formula is C35H53N5O7. The number of amides is 3. The number of Topliss-reactive ketones (excluding diaryl/α,β-unsaturated/α-hetero) is 1. The van der Waals surface area contributed by atoms with Crippen LogP contribution in [-0.4, -0.2) is 63.6 Å². The van der Waals surface area contributed by atoms with E-state index in [-0.39, 0.29) is 12.3 Å². The van der Waals surface area contributed by atoms with Crippen molar-refractivity contribution in [3.8, 4) is 0 Å². The lowest BCUT2D eigenvalue weighted by Gasteiger charge is -2.24. The average Bonchev–Trinajstić information content (AvgIpc) is 3.42. The second-order valence-corrected chi connectivity index (χ2v) is 12.2. The Labute approximate surface area is 277 Å². The van der Waals surface area contributed by atoms with Gasteiger partial charge in [0.25, 0.3) is 5.91 Å². The first kappa shape index (κ1) is 39.0. The molecule has 0 fully saturated rings. The third-order valence-corrected chi connectivity index (χ3v) is 8.14. The lowest BCUT2D eigenvalue weighted by Crippen LogP contribution is -2.55. The van der Waals surface area contributed by atoms with Gasteiger partial charge in [-0.2, -0.15) is 0 Å². The van der Waals surface area contributed by atoms with Gasteiger partial charge >= 0.3 is 5.97 Å². The quantitative estimate of drug-likeness (QED) is 0.0486. The lowest BCUT2D eigenvalue weighted by molar-refractivity contribution is -0.141. The van der Waals surface area contributed by atoms with Crippen molar-refractivity contribution in [2.75, 3.05) is 0 Å². The monoisotopic (exact) mass is 655 g/mol. The third-order valence-electron chi connectivity index (χ3n) is 8.14. The summed E-state index contributed by atoms with van der Waals surface area (Å²) in [7, 11) is 0. The zero-order chi connectivity index (χ0) is 34.6. The average molecular weight is 656 g/mol. The number of aromatic amines is 1. The summed E-state index contributed by atoms with van der Waals surface area (Å²) in [5.74, 6) is -4.55. The number of aromatic nitrogens is 1. The number of ether oxygens (including phenoxy) is 1. The van der Waals surface area contributed by atoms with Crippen molar-refractivity contribution >= 4 is 46.3 Å². The summed E-state index contributed by atoms with van der Waals surface area (Å²) < 4.78 is 5.87. The Morgan fingerprint density at radius 2 is 1.43 bits per heavy atom. The minimum absolute atomic E-state index is 0.0638. The number of ketones is 1. The highest BCUT2D eigenvalue weighted by molar-refractivity contribution is 5.97. The fourth-order valence-corrected chi connectivity index (χ4v) is 5.46. The van der Waals surface area contributed by atoms with Crippen LogP contribution in [0.25, 0.3) is 10.9 Å². The molecule has 0 aliphatic rings. The number of nitrogens with one attached hydrogen (secondary N) is 4. The summed E-state index contributed by atoms with van der Waals surface area (Å²) in [4.78, 5) is 64.6. The molecule has 3 amide bonds. The first-order valence-electron chi connectivity index (χ1n) is 16.9. The van der Waals surface area contributed by atoms with Crippen LogP contribution in [0.15, 0.2) is 30.5 Å². The van der Waals surface area contributed by atoms with E-state index in [1.807, 2.05) is 24.3 Å². The number of carboxylic acid groups (broad SMARTS) is 1. The Bertz CT molecular complexity index is 1320. The highest BCUT2D eigenvalue weighted by Gasteiger charge is 2.31. The molecule has 0 spiro atoms. The van der Waals surface area contributed by atoms with Crippen molar-refractivity contribution in [2.45, 2.75) is 135 Å². The maximum atomic E-state index is 13.6. The molecule has 0 aliphatic heterocycles. The van der Waals surface area contributed by atoms with Gasteiger partial charge in [-0.05, 0) is 25.0 Å². The fourth-order valence-electron chi connectivity index (χ4n) is 5.46. The van der Waals surface area contributed by atoms with Crippen LogP contribution in [0.1, 0.15) is 116 Å². The van der Waals surface area contributed by atoms with E-state index in [2.05, 4.69) is 22.5 Å². The van der Waals surface area contributed by atoms with E-state index < -0.39 is 60.5 Å². The summed E-state index contributed by atoms with van der Waals surface area (Å²) in [5, 5.41) is 23.2. The number of carboxylic acids is 1. The van der Waals surface area contributed by atoms with Gasteiger partial charge < -0.3 is 31.2 Å². The zero-order valence-electron chi connectivity index (χ0n) is 27.9. The molecule has 1 heterocycles. The number of fused-ring (bicyclic) bond motifs is 1. The molecule has 3 atom stereocenters. The minimum atomic E-state index is -1.49. The van der Waals surface area contributed by atoms with Gasteiger partial charge in [-0.3, -0.25) is 29.4 Å². The first-order valence-corrected chi connectivity index (χ1v) is 16.9. The molecule has 12 nitrogen and oxygen atoms in total. The van der Waals surface area contributed by atoms with Gasteiger partial charge in [0, 0.05) is 29.9 Å². The first-order chi connectivity index (χ1) is 22.5. The van der Waals surface area contributed by atoms with Gasteiger partial charge in [-0.1, -0.05) is 95.8 Å². The fraction of sp³-hybridized carbons (Fsp3) is 0.600. The van der Waals surface area contributed by atoms with Crippen LogP contribution in [0.2, 0.25) is 0 Å². The summed E-state index contributed by atoms with van der Waals surface area (Å²) in [6.07, 6.45) is 13.8. The second kappa shape index (κ2) is 21.6. The molecule has 0 bridgehead atoms. The van der Waals surface area contributed by atoms with Crippen molar-refractivity contribution in [3.05, 3.63) is 36.0 Å². The van der Waals surface area contributed by atoms with Gasteiger partial charge in [-0.25, -0.2) is 0 Å². The number of carbonyl (C=O) groups is 5. The van der Waals surface area contributed by atoms with Crippen molar-refractivity contribution in [1.29, 1.82) is 5.41 Å². The van der Waals surface area contributed by atoms with Gasteiger partial charge in [0.15, 0.2) is 17.8 Å². The Morgan fingerprint density at radius 3 is 2.00 bits per heavy atom. The van der Waals surface area contributed by atoms with E-state index >= 15 is 0 Å². The number of unbranched alkanes of at least 4 members (excludes halogenated alkanes) is 11. The number of para-hydroxylation sites is 1. The Kier molecular flexibility index (Phi) is 17.9. The molecule has 47 heavy (non-hydrogen) atoms. The van der Waals surface area contributed by atoms with Crippen LogP contribution >= 0.6 is 0 Å². The van der Waals surface area contributed by atoms with Crippen LogP contribution in [0.5, 0.6) is 0 Å². The predicted molar refractivity (Wildman–Crippen MR) is 181 cm³/mol. The smallest absolute Gasteiger partial charge is 0.305 e. The van der Waals surface area contributed by atoms with E-state index in [0.29, 0.717) is 6.42 Å². The van der Waals surface area contributed by atoms with Crippen LogP contribution in [0.3, 0.4) is 0 Å². The number of carbonyl (C=O) groups excluding carboxylic acids is 4. The molecule has 1 aromatic heterocycles. The summed E-state index contributed by atoms with van der Waals surface area (Å²) >= 11 is 0. The van der Waals surface area contributed by atoms with Crippen LogP contribution in [-0.2, 0) is 35.1 Å². The molecule has 12 heteroatoms. The van der Waals surface area contributed by atoms with Crippen LogP contribution < -0.4 is 16.4 Å². The van der Waals surface area contributed by atoms with Gasteiger partial charge in [0.1, 0.15) is 6.04 Å². The van der Waals surface area contributed by atoms with Gasteiger partial charge in [0.2, 0.25) is 11.8 Å². The van der Waals surface area contributed by atoms with E-state index in [9.17, 15) is 24.0 Å². The van der Waals surface area contributed by atoms with E-state index in [0.717, 1.165) is 49.1 Å². The molecule has 0 saturated heterocycles. The molecule has 2 rings (SSSR count). The van der Waals surface area contributed by atoms with E-state index in [4.69, 9.17) is 21.0 Å². The molecule has 260 valence electrons. The van der Waals surface area contributed by atoms with Crippen LogP contribution in [0.4, 0.5) is 0 Å². The normalized spacial score (nSPS) is 13.0. The molecule has 0 saturated carbocycles. The Hall–Kier alpha value is -4.22. The maximum Gasteiger partial charge on any atom is 0.305 e. The van der Waals surface area contributed by atoms with Gasteiger partial charge in [-0.15, -0.1) is 0 Å². The summed E-state index contributed by atoms with van der Waals surface area (Å²) in [6, 6.07) is 4.67. The van der Waals surface area contributed by atoms with Gasteiger partial charge in [0.05, 0.1) is 18.9 Å². The van der Waals surface area contributed by atoms with E-state index in [1.165, 1.54) is 51.4 Å². The summed E-state index contributed by atoms with van der Waals surface area (Å²) in [6.45, 7) is 3.35. The number of rotatable bonds is 25.